The van der Waals surface area contributed by atoms with Crippen LogP contribution in [0.25, 0.3) is 0 Å². The number of carbonyl (C=O) groups is 1. The monoisotopic (exact) mass is 284 g/mol. The van der Waals surface area contributed by atoms with Crippen LogP contribution in [0.5, 0.6) is 0 Å². The van der Waals surface area contributed by atoms with Crippen molar-refractivity contribution in [2.45, 2.75) is 19.4 Å². The van der Waals surface area contributed by atoms with E-state index >= 15 is 0 Å². The summed E-state index contributed by atoms with van der Waals surface area (Å²) in [6.07, 6.45) is 1.55. The van der Waals surface area contributed by atoms with Crippen molar-refractivity contribution in [1.82, 2.24) is 10.3 Å². The summed E-state index contributed by atoms with van der Waals surface area (Å²) in [6.45, 7) is 3.75. The fraction of sp³-hybridized carbons (Fsp3) is 0.294. The zero-order chi connectivity index (χ0) is 15.1. The summed E-state index contributed by atoms with van der Waals surface area (Å²) in [5, 5.41) is 3.38. The molecular weight excluding hydrogens is 264 g/mol. The summed E-state index contributed by atoms with van der Waals surface area (Å²) in [7, 11) is 1.36. The molecule has 1 aromatic heterocycles. The Kier molecular flexibility index (Phi) is 5.46. The van der Waals surface area contributed by atoms with Crippen LogP contribution in [0.15, 0.2) is 48.7 Å². The van der Waals surface area contributed by atoms with Crippen LogP contribution in [0, 0.1) is 0 Å². The van der Waals surface area contributed by atoms with Gasteiger partial charge < -0.3 is 10.1 Å². The summed E-state index contributed by atoms with van der Waals surface area (Å²) >= 11 is 0. The van der Waals surface area contributed by atoms with E-state index in [-0.39, 0.29) is 5.97 Å². The summed E-state index contributed by atoms with van der Waals surface area (Å²) in [6, 6.07) is 14.0. The third-order valence-electron chi connectivity index (χ3n) is 3.37. The topological polar surface area (TPSA) is 51.2 Å². The number of hydrogen-bond acceptors (Lipinski definition) is 4. The highest BCUT2D eigenvalue weighted by molar-refractivity contribution is 5.88. The number of carbonyl (C=O) groups excluding carboxylic acids is 1. The molecule has 1 unspecified atom stereocenters. The van der Waals surface area contributed by atoms with Gasteiger partial charge in [0.2, 0.25) is 0 Å². The highest BCUT2D eigenvalue weighted by atomic mass is 16.5. The van der Waals surface area contributed by atoms with Crippen LogP contribution in [0.1, 0.15) is 34.5 Å². The molecule has 110 valence electrons. The number of rotatable bonds is 6. The van der Waals surface area contributed by atoms with Crippen LogP contribution < -0.4 is 5.32 Å². The quantitative estimate of drug-likeness (QED) is 0.829. The first-order valence-corrected chi connectivity index (χ1v) is 6.99. The van der Waals surface area contributed by atoms with Gasteiger partial charge in [0.25, 0.3) is 0 Å². The Morgan fingerprint density at radius 2 is 2.00 bits per heavy atom. The lowest BCUT2D eigenvalue weighted by molar-refractivity contribution is 0.0600. The molecule has 4 heteroatoms. The lowest BCUT2D eigenvalue weighted by atomic mass is 10.0. The summed E-state index contributed by atoms with van der Waals surface area (Å²) in [5.74, 6) is 0.0836. The van der Waals surface area contributed by atoms with Crippen molar-refractivity contribution in [3.63, 3.8) is 0 Å². The molecule has 0 amide bonds. The van der Waals surface area contributed by atoms with Crippen LogP contribution in [0.2, 0.25) is 0 Å². The SMILES string of the molecule is COC(=O)c1ccc(CNCC(C)c2ccccc2)nc1. The van der Waals surface area contributed by atoms with Crippen LogP contribution in [-0.2, 0) is 11.3 Å². The van der Waals surface area contributed by atoms with Crippen molar-refractivity contribution in [1.29, 1.82) is 0 Å². The second-order valence-electron chi connectivity index (χ2n) is 4.97. The number of aromatic nitrogens is 1. The molecule has 0 radical (unpaired) electrons. The van der Waals surface area contributed by atoms with Crippen molar-refractivity contribution in [2.75, 3.05) is 13.7 Å². The van der Waals surface area contributed by atoms with Crippen molar-refractivity contribution in [3.05, 3.63) is 65.5 Å². The molecule has 1 heterocycles. The number of esters is 1. The lowest BCUT2D eigenvalue weighted by Gasteiger charge is -2.12. The van der Waals surface area contributed by atoms with Gasteiger partial charge in [-0.15, -0.1) is 0 Å². The molecule has 0 aliphatic rings. The molecule has 0 aliphatic heterocycles. The van der Waals surface area contributed by atoms with Gasteiger partial charge in [0, 0.05) is 19.3 Å². The van der Waals surface area contributed by atoms with Crippen molar-refractivity contribution in [3.8, 4) is 0 Å². The molecule has 2 aromatic rings. The normalized spacial score (nSPS) is 11.9. The lowest BCUT2D eigenvalue weighted by Crippen LogP contribution is -2.20. The van der Waals surface area contributed by atoms with E-state index in [1.54, 1.807) is 12.3 Å². The number of pyridine rings is 1. The van der Waals surface area contributed by atoms with E-state index < -0.39 is 0 Å². The Bertz CT molecular complexity index is 567. The smallest absolute Gasteiger partial charge is 0.339 e. The van der Waals surface area contributed by atoms with E-state index in [1.165, 1.54) is 12.7 Å². The number of nitrogens with zero attached hydrogens (tertiary/aromatic N) is 1. The Balaban J connectivity index is 1.82. The fourth-order valence-corrected chi connectivity index (χ4v) is 2.08. The molecule has 0 bridgehead atoms. The molecule has 0 saturated heterocycles. The van der Waals surface area contributed by atoms with Crippen molar-refractivity contribution in [2.24, 2.45) is 0 Å². The molecule has 4 nitrogen and oxygen atoms in total. The van der Waals surface area contributed by atoms with Gasteiger partial charge in [-0.25, -0.2) is 4.79 Å². The number of nitrogens with one attached hydrogen (secondary N) is 1. The molecule has 1 atom stereocenters. The molecule has 0 aliphatic carbocycles. The predicted octanol–water partition coefficient (Wildman–Crippen LogP) is 2.76. The maximum Gasteiger partial charge on any atom is 0.339 e. The van der Waals surface area contributed by atoms with Gasteiger partial charge in [0.05, 0.1) is 18.4 Å². The number of methoxy groups -OCH3 is 1. The average Bonchev–Trinajstić information content (AvgIpc) is 2.55. The molecule has 0 saturated carbocycles. The van der Waals surface area contributed by atoms with Gasteiger partial charge in [0.15, 0.2) is 0 Å². The highest BCUT2D eigenvalue weighted by Crippen LogP contribution is 2.13. The zero-order valence-electron chi connectivity index (χ0n) is 12.4. The van der Waals surface area contributed by atoms with Gasteiger partial charge >= 0.3 is 5.97 Å². The van der Waals surface area contributed by atoms with E-state index in [4.69, 9.17) is 0 Å². The first-order valence-electron chi connectivity index (χ1n) is 6.99. The third kappa shape index (κ3) is 4.39. The predicted molar refractivity (Wildman–Crippen MR) is 82.1 cm³/mol. The van der Waals surface area contributed by atoms with E-state index in [0.717, 1.165) is 12.2 Å². The van der Waals surface area contributed by atoms with Gasteiger partial charge in [-0.05, 0) is 23.6 Å². The van der Waals surface area contributed by atoms with Gasteiger partial charge in [0.1, 0.15) is 0 Å². The second kappa shape index (κ2) is 7.55. The second-order valence-corrected chi connectivity index (χ2v) is 4.97. The van der Waals surface area contributed by atoms with E-state index in [2.05, 4.69) is 46.2 Å². The van der Waals surface area contributed by atoms with Gasteiger partial charge in [-0.3, -0.25) is 4.98 Å². The number of ether oxygens (including phenoxy) is 1. The van der Waals surface area contributed by atoms with Crippen LogP contribution in [0.4, 0.5) is 0 Å². The maximum absolute atomic E-state index is 11.3. The van der Waals surface area contributed by atoms with E-state index in [1.807, 2.05) is 12.1 Å². The Morgan fingerprint density at radius 3 is 2.62 bits per heavy atom. The number of benzene rings is 1. The molecule has 2 rings (SSSR count). The maximum atomic E-state index is 11.3. The fourth-order valence-electron chi connectivity index (χ4n) is 2.08. The van der Waals surface area contributed by atoms with Crippen molar-refractivity contribution < 1.29 is 9.53 Å². The molecule has 0 spiro atoms. The summed E-state index contributed by atoms with van der Waals surface area (Å²) < 4.78 is 4.64. The molecular formula is C17H20N2O2. The first-order chi connectivity index (χ1) is 10.2. The van der Waals surface area contributed by atoms with Gasteiger partial charge in [-0.2, -0.15) is 0 Å². The highest BCUT2D eigenvalue weighted by Gasteiger charge is 2.06. The average molecular weight is 284 g/mol. The minimum absolute atomic E-state index is 0.361. The molecule has 0 fully saturated rings. The van der Waals surface area contributed by atoms with Crippen LogP contribution >= 0.6 is 0 Å². The summed E-state index contributed by atoms with van der Waals surface area (Å²) in [4.78, 5) is 15.6. The Labute approximate surface area is 125 Å². The number of hydrogen-bond donors (Lipinski definition) is 1. The minimum atomic E-state index is -0.361. The Morgan fingerprint density at radius 1 is 1.24 bits per heavy atom. The van der Waals surface area contributed by atoms with Crippen LogP contribution in [-0.4, -0.2) is 24.6 Å². The van der Waals surface area contributed by atoms with Crippen LogP contribution in [0.3, 0.4) is 0 Å². The zero-order valence-corrected chi connectivity index (χ0v) is 12.4. The largest absolute Gasteiger partial charge is 0.465 e. The third-order valence-corrected chi connectivity index (χ3v) is 3.37. The molecule has 1 aromatic carbocycles. The van der Waals surface area contributed by atoms with E-state index in [0.29, 0.717) is 18.0 Å². The first kappa shape index (κ1) is 15.2. The van der Waals surface area contributed by atoms with Gasteiger partial charge in [-0.1, -0.05) is 37.3 Å². The standard InChI is InChI=1S/C17H20N2O2/c1-13(14-6-4-3-5-7-14)10-18-12-16-9-8-15(11-19-16)17(20)21-2/h3-9,11,13,18H,10,12H2,1-2H3. The summed E-state index contributed by atoms with van der Waals surface area (Å²) in [5.41, 5.74) is 2.70. The minimum Gasteiger partial charge on any atom is -0.465 e. The van der Waals surface area contributed by atoms with Crippen molar-refractivity contribution >= 4 is 5.97 Å². The molecule has 1 N–H and O–H groups in total. The Hall–Kier alpha value is -2.20. The van der Waals surface area contributed by atoms with E-state index in [9.17, 15) is 4.79 Å². The molecule has 21 heavy (non-hydrogen) atoms.